The highest BCUT2D eigenvalue weighted by Gasteiger charge is 2.34. The summed E-state index contributed by atoms with van der Waals surface area (Å²) in [6, 6.07) is 14.5. The zero-order valence-electron chi connectivity index (χ0n) is 24.6. The predicted molar refractivity (Wildman–Crippen MR) is 167 cm³/mol. The maximum absolute atomic E-state index is 14.0. The highest BCUT2D eigenvalue weighted by atomic mass is 32.1. The lowest BCUT2D eigenvalue weighted by atomic mass is 9.94. The van der Waals surface area contributed by atoms with Gasteiger partial charge in [0.1, 0.15) is 5.01 Å². The van der Waals surface area contributed by atoms with Gasteiger partial charge in [0, 0.05) is 53.6 Å². The largest absolute Gasteiger partial charge is 0.389 e. The molecular weight excluding hydrogens is 560 g/mol. The number of carbonyl (C=O) groups is 2. The molecule has 2 saturated heterocycles. The zero-order valence-corrected chi connectivity index (χ0v) is 25.4. The van der Waals surface area contributed by atoms with Gasteiger partial charge in [-0.15, -0.1) is 11.3 Å². The van der Waals surface area contributed by atoms with E-state index in [1.165, 1.54) is 0 Å². The van der Waals surface area contributed by atoms with Crippen LogP contribution in [0.5, 0.6) is 0 Å². The number of amides is 2. The second kappa shape index (κ2) is 12.8. The van der Waals surface area contributed by atoms with Gasteiger partial charge in [-0.05, 0) is 74.9 Å². The molecule has 0 aliphatic carbocycles. The van der Waals surface area contributed by atoms with E-state index in [4.69, 9.17) is 0 Å². The predicted octanol–water partition coefficient (Wildman–Crippen LogP) is 4.28. The third-order valence-corrected chi connectivity index (χ3v) is 9.52. The van der Waals surface area contributed by atoms with Crippen LogP contribution in [0.1, 0.15) is 68.7 Å². The molecule has 0 radical (unpaired) electrons. The van der Waals surface area contributed by atoms with E-state index in [9.17, 15) is 14.7 Å². The fraction of sp³-hybridized carbons (Fsp3) is 0.394. The van der Waals surface area contributed by atoms with E-state index in [0.29, 0.717) is 24.1 Å². The molecule has 2 aromatic carbocycles. The van der Waals surface area contributed by atoms with Crippen LogP contribution >= 0.6 is 11.3 Å². The first kappa shape index (κ1) is 29.2. The van der Waals surface area contributed by atoms with Crippen LogP contribution in [0.4, 0.5) is 0 Å². The number of carbonyl (C=O) groups excluding carboxylic acids is 2. The first-order chi connectivity index (χ1) is 20.9. The number of hydrogen-bond acceptors (Lipinski definition) is 7. The van der Waals surface area contributed by atoms with E-state index in [-0.39, 0.29) is 23.9 Å². The van der Waals surface area contributed by atoms with Gasteiger partial charge >= 0.3 is 0 Å². The molecule has 2 aliphatic heterocycles. The molecule has 3 N–H and O–H groups in total. The molecule has 6 rings (SSSR count). The number of aliphatic hydroxyl groups excluding tert-OH is 1. The van der Waals surface area contributed by atoms with Crippen molar-refractivity contribution in [2.24, 2.45) is 7.05 Å². The zero-order chi connectivity index (χ0) is 29.9. The van der Waals surface area contributed by atoms with Gasteiger partial charge in [-0.2, -0.15) is 5.10 Å². The smallest absolute Gasteiger partial charge is 0.254 e. The van der Waals surface area contributed by atoms with Crippen molar-refractivity contribution in [1.82, 2.24) is 30.3 Å². The van der Waals surface area contributed by atoms with Crippen molar-refractivity contribution in [2.45, 2.75) is 63.3 Å². The highest BCUT2D eigenvalue weighted by Crippen LogP contribution is 2.35. The summed E-state index contributed by atoms with van der Waals surface area (Å²) in [6.07, 6.45) is 6.94. The molecule has 43 heavy (non-hydrogen) atoms. The molecule has 2 fully saturated rings. The molecule has 0 unspecified atom stereocenters. The molecule has 9 nitrogen and oxygen atoms in total. The Morgan fingerprint density at radius 1 is 1.12 bits per heavy atom. The van der Waals surface area contributed by atoms with Crippen LogP contribution in [-0.2, 0) is 13.5 Å². The summed E-state index contributed by atoms with van der Waals surface area (Å²) >= 11 is 1.59. The number of aliphatic hydroxyl groups is 1. The highest BCUT2D eigenvalue weighted by molar-refractivity contribution is 7.09. The first-order valence-electron chi connectivity index (χ1n) is 15.0. The van der Waals surface area contributed by atoms with Crippen LogP contribution in [0.3, 0.4) is 0 Å². The quantitative estimate of drug-likeness (QED) is 0.265. The lowest BCUT2D eigenvalue weighted by molar-refractivity contribution is 0.0733. The SMILES string of the molecule is Cc1csc([C@H]2CCCN2C(=O)c2cc(C(=O)N[C@@H](Cc3ccccc3)[C@H](O)[C@H]3CCCN3)cc(-c3cnn(C)c3)c2)n1. The molecule has 4 aromatic rings. The Kier molecular flexibility index (Phi) is 8.69. The van der Waals surface area contributed by atoms with E-state index >= 15 is 0 Å². The number of nitrogens with zero attached hydrogens (tertiary/aromatic N) is 4. The normalized spacial score (nSPS) is 19.8. The summed E-state index contributed by atoms with van der Waals surface area (Å²) in [5, 5.41) is 25.2. The molecule has 0 bridgehead atoms. The van der Waals surface area contributed by atoms with E-state index in [1.807, 2.05) is 66.8 Å². The Morgan fingerprint density at radius 2 is 1.93 bits per heavy atom. The number of thiazole rings is 1. The summed E-state index contributed by atoms with van der Waals surface area (Å²) in [4.78, 5) is 34.5. The van der Waals surface area contributed by atoms with Gasteiger partial charge in [-0.3, -0.25) is 14.3 Å². The summed E-state index contributed by atoms with van der Waals surface area (Å²) in [6.45, 7) is 3.46. The lowest BCUT2D eigenvalue weighted by Gasteiger charge is -2.29. The Bertz CT molecular complexity index is 1580. The topological polar surface area (TPSA) is 112 Å². The molecule has 224 valence electrons. The first-order valence-corrected chi connectivity index (χ1v) is 15.9. The van der Waals surface area contributed by atoms with Crippen LogP contribution < -0.4 is 10.6 Å². The minimum atomic E-state index is -0.763. The van der Waals surface area contributed by atoms with Gasteiger partial charge in [0.2, 0.25) is 0 Å². The Morgan fingerprint density at radius 3 is 2.63 bits per heavy atom. The second-order valence-corrected chi connectivity index (χ2v) is 12.5. The fourth-order valence-corrected chi connectivity index (χ4v) is 7.18. The third kappa shape index (κ3) is 6.56. The number of hydrogen-bond donors (Lipinski definition) is 3. The second-order valence-electron chi connectivity index (χ2n) is 11.6. The van der Waals surface area contributed by atoms with E-state index < -0.39 is 12.1 Å². The standard InChI is InChI=1S/C33H38N6O3S/c1-21-20-43-32(36-21)29-11-7-13-39(29)33(42)25-16-23(26-18-35-38(2)19-26)15-24(17-25)31(41)37-28(14-22-8-4-3-5-9-22)30(40)27-10-6-12-34-27/h3-5,8-9,15-20,27-30,34,40H,6-7,10-14H2,1-2H3,(H,37,41)/t27-,28+,29-,30-/m1/s1. The van der Waals surface area contributed by atoms with Crippen molar-refractivity contribution in [2.75, 3.05) is 13.1 Å². The summed E-state index contributed by atoms with van der Waals surface area (Å²) in [5.41, 5.74) is 4.36. The number of aromatic nitrogens is 3. The molecular formula is C33H38N6O3S. The molecule has 4 atom stereocenters. The maximum Gasteiger partial charge on any atom is 0.254 e. The third-order valence-electron chi connectivity index (χ3n) is 8.45. The molecule has 0 saturated carbocycles. The van der Waals surface area contributed by atoms with Crippen molar-refractivity contribution in [3.8, 4) is 11.1 Å². The van der Waals surface area contributed by atoms with Crippen molar-refractivity contribution in [1.29, 1.82) is 0 Å². The Labute approximate surface area is 256 Å². The maximum atomic E-state index is 14.0. The molecule has 4 heterocycles. The van der Waals surface area contributed by atoms with Gasteiger partial charge in [-0.1, -0.05) is 30.3 Å². The fourth-order valence-electron chi connectivity index (χ4n) is 6.24. The number of nitrogens with one attached hydrogen (secondary N) is 2. The molecule has 2 aliphatic rings. The van der Waals surface area contributed by atoms with Gasteiger partial charge in [-0.25, -0.2) is 4.98 Å². The van der Waals surface area contributed by atoms with Crippen LogP contribution in [0.2, 0.25) is 0 Å². The number of rotatable bonds is 9. The number of likely N-dealkylation sites (tertiary alicyclic amines) is 1. The van der Waals surface area contributed by atoms with Crippen molar-refractivity contribution < 1.29 is 14.7 Å². The molecule has 0 spiro atoms. The van der Waals surface area contributed by atoms with Crippen molar-refractivity contribution in [3.63, 3.8) is 0 Å². The summed E-state index contributed by atoms with van der Waals surface area (Å²) in [5.74, 6) is -0.447. The summed E-state index contributed by atoms with van der Waals surface area (Å²) < 4.78 is 1.70. The Balaban J connectivity index is 1.32. The van der Waals surface area contributed by atoms with E-state index in [0.717, 1.165) is 59.6 Å². The van der Waals surface area contributed by atoms with Crippen LogP contribution in [-0.4, -0.2) is 67.9 Å². The van der Waals surface area contributed by atoms with Crippen LogP contribution in [0, 0.1) is 6.92 Å². The van der Waals surface area contributed by atoms with Gasteiger partial charge in [0.15, 0.2) is 0 Å². The molecule has 2 amide bonds. The van der Waals surface area contributed by atoms with Crippen LogP contribution in [0.25, 0.3) is 11.1 Å². The van der Waals surface area contributed by atoms with E-state index in [2.05, 4.69) is 20.7 Å². The minimum absolute atomic E-state index is 0.0742. The minimum Gasteiger partial charge on any atom is -0.389 e. The van der Waals surface area contributed by atoms with Crippen LogP contribution in [0.15, 0.2) is 66.3 Å². The van der Waals surface area contributed by atoms with E-state index in [1.54, 1.807) is 34.3 Å². The summed E-state index contributed by atoms with van der Waals surface area (Å²) in [7, 11) is 1.84. The van der Waals surface area contributed by atoms with Gasteiger partial charge < -0.3 is 20.6 Å². The lowest BCUT2D eigenvalue weighted by Crippen LogP contribution is -2.52. The van der Waals surface area contributed by atoms with Gasteiger partial charge in [0.05, 0.1) is 24.4 Å². The molecule has 2 aromatic heterocycles. The number of aryl methyl sites for hydroxylation is 2. The molecule has 10 heteroatoms. The van der Waals surface area contributed by atoms with Gasteiger partial charge in [0.25, 0.3) is 11.8 Å². The van der Waals surface area contributed by atoms with Crippen molar-refractivity contribution in [3.05, 3.63) is 93.7 Å². The Hall–Kier alpha value is -3.86. The van der Waals surface area contributed by atoms with Crippen molar-refractivity contribution >= 4 is 23.2 Å². The number of benzene rings is 2. The average molecular weight is 599 g/mol. The average Bonchev–Trinajstić information content (AvgIpc) is 3.84. The monoisotopic (exact) mass is 598 g/mol.